The van der Waals surface area contributed by atoms with Crippen LogP contribution in [0.5, 0.6) is 11.5 Å². The van der Waals surface area contributed by atoms with Crippen LogP contribution in [0.2, 0.25) is 0 Å². The molecule has 1 aliphatic rings. The number of terminal acetylenes is 1. The van der Waals surface area contributed by atoms with Gasteiger partial charge in [0.1, 0.15) is 23.6 Å². The molecule has 1 amide bonds. The maximum atomic E-state index is 13.0. The van der Waals surface area contributed by atoms with Crippen LogP contribution in [0.3, 0.4) is 0 Å². The highest BCUT2D eigenvalue weighted by Gasteiger charge is 2.47. The van der Waals surface area contributed by atoms with E-state index in [0.717, 1.165) is 0 Å². The molecular weight excluding hydrogens is 392 g/mol. The van der Waals surface area contributed by atoms with Crippen molar-refractivity contribution < 1.29 is 23.2 Å². The normalized spacial score (nSPS) is 18.8. The summed E-state index contributed by atoms with van der Waals surface area (Å²) in [4.78, 5) is 12.7. The molecule has 2 aromatic carbocycles. The Kier molecular flexibility index (Phi) is 6.23. The van der Waals surface area contributed by atoms with Crippen molar-refractivity contribution >= 4 is 15.7 Å². The van der Waals surface area contributed by atoms with E-state index >= 15 is 0 Å². The minimum atomic E-state index is -3.81. The number of ether oxygens (including phenoxy) is 1. The zero-order chi connectivity index (χ0) is 20.9. The van der Waals surface area contributed by atoms with Gasteiger partial charge in [-0.25, -0.2) is 13.5 Å². The van der Waals surface area contributed by atoms with E-state index in [9.17, 15) is 18.4 Å². The number of benzene rings is 2. The van der Waals surface area contributed by atoms with Gasteiger partial charge in [-0.3, -0.25) is 10.0 Å². The molecule has 0 aromatic heterocycles. The maximum absolute atomic E-state index is 13.0. The van der Waals surface area contributed by atoms with Crippen LogP contribution in [-0.4, -0.2) is 49.0 Å². The number of sulfone groups is 1. The van der Waals surface area contributed by atoms with Gasteiger partial charge in [-0.2, -0.15) is 0 Å². The summed E-state index contributed by atoms with van der Waals surface area (Å²) in [5.41, 5.74) is -1.40. The SMILES string of the molecule is C#CCN(O)C(=O)C1(CS(=O)(=O)c2ccc(Oc3ccccc3)cc2)CCCN1. The number of hydrogen-bond acceptors (Lipinski definition) is 6. The minimum absolute atomic E-state index is 0.0697. The van der Waals surface area contributed by atoms with Gasteiger partial charge in [-0.05, 0) is 55.8 Å². The number of para-hydroxylation sites is 1. The molecule has 152 valence electrons. The number of carbonyl (C=O) groups excluding carboxylic acids is 1. The van der Waals surface area contributed by atoms with Crippen LogP contribution in [0.25, 0.3) is 0 Å². The Morgan fingerprint density at radius 1 is 1.17 bits per heavy atom. The van der Waals surface area contributed by atoms with Gasteiger partial charge in [0.15, 0.2) is 9.84 Å². The summed E-state index contributed by atoms with van der Waals surface area (Å²) in [5, 5.41) is 13.2. The monoisotopic (exact) mass is 414 g/mol. The fraction of sp³-hybridized carbons (Fsp3) is 0.286. The molecule has 7 nitrogen and oxygen atoms in total. The number of nitrogens with zero attached hydrogens (tertiary/aromatic N) is 1. The van der Waals surface area contributed by atoms with Crippen molar-refractivity contribution in [3.8, 4) is 23.8 Å². The zero-order valence-corrected chi connectivity index (χ0v) is 16.6. The van der Waals surface area contributed by atoms with Crippen LogP contribution in [-0.2, 0) is 14.6 Å². The highest BCUT2D eigenvalue weighted by atomic mass is 32.2. The van der Waals surface area contributed by atoms with Gasteiger partial charge < -0.3 is 10.1 Å². The number of amides is 1. The predicted molar refractivity (Wildman–Crippen MR) is 107 cm³/mol. The fourth-order valence-electron chi connectivity index (χ4n) is 3.33. The van der Waals surface area contributed by atoms with E-state index in [1.807, 2.05) is 18.2 Å². The van der Waals surface area contributed by atoms with Crippen LogP contribution in [0.4, 0.5) is 0 Å². The van der Waals surface area contributed by atoms with Crippen LogP contribution in [0, 0.1) is 12.3 Å². The van der Waals surface area contributed by atoms with E-state index < -0.39 is 27.0 Å². The standard InChI is InChI=1S/C21H22N2O5S/c1-2-15-23(25)20(24)21(13-6-14-22-21)16-29(26,27)19-11-9-18(10-12-19)28-17-7-4-3-5-8-17/h1,3-5,7-12,22,25H,6,13-16H2. The largest absolute Gasteiger partial charge is 0.457 e. The Hall–Kier alpha value is -2.86. The second-order valence-electron chi connectivity index (χ2n) is 6.82. The lowest BCUT2D eigenvalue weighted by molar-refractivity contribution is -0.168. The molecule has 1 fully saturated rings. The number of hydrogen-bond donors (Lipinski definition) is 2. The van der Waals surface area contributed by atoms with Crippen molar-refractivity contribution in [2.45, 2.75) is 23.3 Å². The average molecular weight is 414 g/mol. The summed E-state index contributed by atoms with van der Waals surface area (Å²) in [5.74, 6) is 2.10. The molecule has 1 aliphatic heterocycles. The van der Waals surface area contributed by atoms with E-state index in [2.05, 4.69) is 11.2 Å². The first-order valence-corrected chi connectivity index (χ1v) is 10.8. The third-order valence-corrected chi connectivity index (χ3v) is 6.59. The lowest BCUT2D eigenvalue weighted by Gasteiger charge is -2.30. The Morgan fingerprint density at radius 2 is 1.83 bits per heavy atom. The molecule has 0 saturated carbocycles. The molecule has 1 unspecified atom stereocenters. The third kappa shape index (κ3) is 4.77. The van der Waals surface area contributed by atoms with Crippen LogP contribution in [0.15, 0.2) is 59.5 Å². The molecule has 0 aliphatic carbocycles. The molecule has 2 N–H and O–H groups in total. The molecule has 0 spiro atoms. The highest BCUT2D eigenvalue weighted by Crippen LogP contribution is 2.28. The smallest absolute Gasteiger partial charge is 0.268 e. The van der Waals surface area contributed by atoms with Crippen LogP contribution in [0.1, 0.15) is 12.8 Å². The van der Waals surface area contributed by atoms with Crippen molar-refractivity contribution in [2.75, 3.05) is 18.8 Å². The first-order valence-electron chi connectivity index (χ1n) is 9.11. The van der Waals surface area contributed by atoms with Gasteiger partial charge in [0.25, 0.3) is 5.91 Å². The summed E-state index contributed by atoms with van der Waals surface area (Å²) >= 11 is 0. The van der Waals surface area contributed by atoms with Crippen molar-refractivity contribution in [3.63, 3.8) is 0 Å². The van der Waals surface area contributed by atoms with Crippen molar-refractivity contribution in [1.82, 2.24) is 10.4 Å². The Bertz CT molecular complexity index is 992. The summed E-state index contributed by atoms with van der Waals surface area (Å²) in [6.07, 6.45) is 6.06. The molecule has 0 radical (unpaired) electrons. The highest BCUT2D eigenvalue weighted by molar-refractivity contribution is 7.91. The molecule has 2 aromatic rings. The summed E-state index contributed by atoms with van der Waals surface area (Å²) in [7, 11) is -3.81. The molecule has 1 heterocycles. The number of rotatable bonds is 7. The predicted octanol–water partition coefficient (Wildman–Crippen LogP) is 2.23. The molecule has 3 rings (SSSR count). The zero-order valence-electron chi connectivity index (χ0n) is 15.7. The van der Waals surface area contributed by atoms with Crippen molar-refractivity contribution in [3.05, 3.63) is 54.6 Å². The first-order chi connectivity index (χ1) is 13.9. The lowest BCUT2D eigenvalue weighted by atomic mass is 9.99. The Labute approximate surface area is 170 Å². The molecule has 29 heavy (non-hydrogen) atoms. The summed E-state index contributed by atoms with van der Waals surface area (Å²) < 4.78 is 31.6. The van der Waals surface area contributed by atoms with E-state index in [1.165, 1.54) is 12.1 Å². The van der Waals surface area contributed by atoms with Crippen molar-refractivity contribution in [1.29, 1.82) is 0 Å². The fourth-order valence-corrected chi connectivity index (χ4v) is 5.06. The van der Waals surface area contributed by atoms with Crippen LogP contribution >= 0.6 is 0 Å². The van der Waals surface area contributed by atoms with Gasteiger partial charge in [0, 0.05) is 0 Å². The van der Waals surface area contributed by atoms with Gasteiger partial charge in [-0.1, -0.05) is 24.1 Å². The van der Waals surface area contributed by atoms with Gasteiger partial charge >= 0.3 is 0 Å². The molecule has 0 bridgehead atoms. The van der Waals surface area contributed by atoms with Gasteiger partial charge in [-0.15, -0.1) is 6.42 Å². The summed E-state index contributed by atoms with van der Waals surface area (Å²) in [6, 6.07) is 15.1. The quantitative estimate of drug-likeness (QED) is 0.410. The topological polar surface area (TPSA) is 95.9 Å². The second kappa shape index (κ2) is 8.66. The Balaban J connectivity index is 1.79. The Morgan fingerprint density at radius 3 is 2.41 bits per heavy atom. The van der Waals surface area contributed by atoms with Crippen LogP contribution < -0.4 is 10.1 Å². The molecule has 1 saturated heterocycles. The third-order valence-electron chi connectivity index (χ3n) is 4.73. The molecule has 8 heteroatoms. The van der Waals surface area contributed by atoms with E-state index in [1.54, 1.807) is 24.3 Å². The van der Waals surface area contributed by atoms with E-state index in [-0.39, 0.29) is 11.4 Å². The first kappa shape index (κ1) is 20.9. The van der Waals surface area contributed by atoms with E-state index in [0.29, 0.717) is 35.9 Å². The lowest BCUT2D eigenvalue weighted by Crippen LogP contribution is -2.58. The summed E-state index contributed by atoms with van der Waals surface area (Å²) in [6.45, 7) is 0.169. The van der Waals surface area contributed by atoms with E-state index in [4.69, 9.17) is 11.2 Å². The number of hydroxylamine groups is 2. The number of nitrogens with one attached hydrogen (secondary N) is 1. The average Bonchev–Trinajstić information content (AvgIpc) is 3.17. The van der Waals surface area contributed by atoms with Gasteiger partial charge in [0.05, 0.1) is 10.6 Å². The molecule has 1 atom stereocenters. The molecular formula is C21H22N2O5S. The minimum Gasteiger partial charge on any atom is -0.457 e. The van der Waals surface area contributed by atoms with Crippen molar-refractivity contribution in [2.24, 2.45) is 0 Å². The number of carbonyl (C=O) groups is 1. The van der Waals surface area contributed by atoms with Gasteiger partial charge in [0.2, 0.25) is 0 Å². The second-order valence-corrected chi connectivity index (χ2v) is 8.81. The maximum Gasteiger partial charge on any atom is 0.268 e.